The van der Waals surface area contributed by atoms with Crippen LogP contribution < -0.4 is 18.9 Å². The third kappa shape index (κ3) is 9.95. The van der Waals surface area contributed by atoms with Crippen molar-refractivity contribution in [2.24, 2.45) is 0 Å². The van der Waals surface area contributed by atoms with E-state index in [0.29, 0.717) is 123 Å². The number of fused-ring (bicyclic) bond motifs is 3. The van der Waals surface area contributed by atoms with Gasteiger partial charge in [-0.2, -0.15) is 26.3 Å². The number of rotatable bonds is 12. The third-order valence-electron chi connectivity index (χ3n) is 13.5. The molecule has 10 heteroatoms. The van der Waals surface area contributed by atoms with Crippen molar-refractivity contribution in [3.8, 4) is 90.5 Å². The van der Waals surface area contributed by atoms with E-state index in [1.165, 1.54) is 24.3 Å². The predicted molar refractivity (Wildman–Crippen MR) is 297 cm³/mol. The first-order chi connectivity index (χ1) is 37.9. The highest BCUT2D eigenvalue weighted by Gasteiger charge is 2.33. The molecule has 0 atom stereocenters. The molecule has 12 rings (SSSR count). The molecule has 0 bridgehead atoms. The lowest BCUT2D eigenvalue weighted by Crippen LogP contribution is -2.04. The minimum Gasteiger partial charge on any atom is -0.457 e. The number of alkyl halides is 6. The summed E-state index contributed by atoms with van der Waals surface area (Å²) in [5.41, 5.74) is 3.12. The lowest BCUT2D eigenvalue weighted by Gasteiger charge is -2.26. The molecule has 0 saturated heterocycles. The summed E-state index contributed by atoms with van der Waals surface area (Å²) in [5, 5.41) is 3.82. The van der Waals surface area contributed by atoms with E-state index in [2.05, 4.69) is 0 Å². The summed E-state index contributed by atoms with van der Waals surface area (Å²) in [4.78, 5) is 0. The number of benzene rings is 12. The lowest BCUT2D eigenvalue weighted by atomic mass is 9.77. The molecule has 0 aliphatic rings. The topological polar surface area (TPSA) is 36.9 Å². The molecule has 380 valence electrons. The summed E-state index contributed by atoms with van der Waals surface area (Å²) in [6, 6.07) is 73.8. The summed E-state index contributed by atoms with van der Waals surface area (Å²) in [5.74, 6) is 4.38. The first-order valence-corrected chi connectivity index (χ1v) is 24.9. The zero-order valence-corrected chi connectivity index (χ0v) is 41.1. The Hall–Kier alpha value is -9.80. The van der Waals surface area contributed by atoms with E-state index in [4.69, 9.17) is 18.9 Å². The second-order valence-electron chi connectivity index (χ2n) is 18.5. The first kappa shape index (κ1) is 49.1. The number of ether oxygens (including phenoxy) is 4. The molecule has 78 heavy (non-hydrogen) atoms. The Kier molecular flexibility index (Phi) is 12.8. The second-order valence-corrected chi connectivity index (χ2v) is 18.5. The second kappa shape index (κ2) is 20.4. The summed E-state index contributed by atoms with van der Waals surface area (Å²) in [6.07, 6.45) is -9.28. The van der Waals surface area contributed by atoms with Gasteiger partial charge >= 0.3 is 12.4 Å². The zero-order chi connectivity index (χ0) is 53.4. The molecule has 0 aromatic heterocycles. The van der Waals surface area contributed by atoms with Crippen molar-refractivity contribution in [3.05, 3.63) is 266 Å². The molecule has 0 amide bonds. The average molecular weight is 1040 g/mol. The minimum absolute atomic E-state index is 0.444. The van der Waals surface area contributed by atoms with Crippen LogP contribution in [-0.4, -0.2) is 0 Å². The molecule has 0 unspecified atom stereocenters. The Bertz CT molecular complexity index is 3820. The Morgan fingerprint density at radius 2 is 0.449 bits per heavy atom. The van der Waals surface area contributed by atoms with Crippen LogP contribution in [0.5, 0.6) is 46.0 Å². The maximum absolute atomic E-state index is 14.5. The molecular formula is C68H42F6O4. The molecule has 0 heterocycles. The summed E-state index contributed by atoms with van der Waals surface area (Å²) in [6.45, 7) is 0. The van der Waals surface area contributed by atoms with Crippen LogP contribution in [-0.2, 0) is 12.4 Å². The normalized spacial score (nSPS) is 11.7. The monoisotopic (exact) mass is 1040 g/mol. The molecule has 0 fully saturated rings. The number of hydrogen-bond acceptors (Lipinski definition) is 4. The fourth-order valence-corrected chi connectivity index (χ4v) is 10.0. The summed E-state index contributed by atoms with van der Waals surface area (Å²) >= 11 is 0. The van der Waals surface area contributed by atoms with Gasteiger partial charge in [-0.1, -0.05) is 133 Å². The Morgan fingerprint density at radius 3 is 0.731 bits per heavy atom. The van der Waals surface area contributed by atoms with Crippen molar-refractivity contribution in [2.75, 3.05) is 0 Å². The molecule has 12 aromatic rings. The van der Waals surface area contributed by atoms with Gasteiger partial charge in [0.1, 0.15) is 46.0 Å². The van der Waals surface area contributed by atoms with E-state index in [-0.39, 0.29) is 0 Å². The average Bonchev–Trinajstić information content (AvgIpc) is 3.55. The largest absolute Gasteiger partial charge is 0.457 e. The van der Waals surface area contributed by atoms with E-state index in [1.54, 1.807) is 0 Å². The number of para-hydroxylation sites is 4. The van der Waals surface area contributed by atoms with Crippen LogP contribution in [0.25, 0.3) is 76.8 Å². The quantitative estimate of drug-likeness (QED) is 0.0903. The van der Waals surface area contributed by atoms with Gasteiger partial charge in [0, 0.05) is 0 Å². The Labute approximate surface area is 444 Å². The summed E-state index contributed by atoms with van der Waals surface area (Å²) in [7, 11) is 0. The maximum Gasteiger partial charge on any atom is 0.416 e. The Morgan fingerprint density at radius 1 is 0.218 bits per heavy atom. The van der Waals surface area contributed by atoms with Crippen LogP contribution in [0.4, 0.5) is 26.3 Å². The first-order valence-electron chi connectivity index (χ1n) is 24.9. The van der Waals surface area contributed by atoms with Gasteiger partial charge in [-0.15, -0.1) is 0 Å². The van der Waals surface area contributed by atoms with Crippen molar-refractivity contribution in [1.29, 1.82) is 0 Å². The standard InChI is InChI=1S/C68H42F6O4/c69-67(70,71)47-29-21-43(22-30-47)63-60-42-56(78-52-19-11-4-12-20-52)38-40-58(60)62(46-27-35-54(36-28-46)76-50-15-7-2-8-16-50)66-64(44-23-31-48(32-24-44)68(72,73)74)59-41-55(77-51-17-9-3-10-18-51)37-39-57(59)61(65(63)66)45-25-33-53(34-26-45)75-49-13-5-1-6-14-49/h1-42H. The van der Waals surface area contributed by atoms with Crippen LogP contribution in [0.15, 0.2) is 255 Å². The molecule has 0 aliphatic carbocycles. The highest BCUT2D eigenvalue weighted by Crippen LogP contribution is 2.55. The highest BCUT2D eigenvalue weighted by atomic mass is 19.4. The summed E-state index contributed by atoms with van der Waals surface area (Å²) < 4.78 is 113. The highest BCUT2D eigenvalue weighted by molar-refractivity contribution is 6.34. The van der Waals surface area contributed by atoms with E-state index >= 15 is 0 Å². The number of halogens is 6. The lowest BCUT2D eigenvalue weighted by molar-refractivity contribution is -0.138. The van der Waals surface area contributed by atoms with Crippen LogP contribution in [0.2, 0.25) is 0 Å². The van der Waals surface area contributed by atoms with Crippen molar-refractivity contribution >= 4 is 32.3 Å². The SMILES string of the molecule is FC(F)(F)c1ccc(-c2c3cc(Oc4ccccc4)ccc3c(-c3ccc(Oc4ccccc4)cc3)c3c(-c4ccc(C(F)(F)F)cc4)c4cc(Oc5ccccc5)ccc4c(-c4ccc(Oc5ccccc5)cc4)c23)cc1. The van der Waals surface area contributed by atoms with Gasteiger partial charge in [-0.3, -0.25) is 0 Å². The van der Waals surface area contributed by atoms with Crippen LogP contribution in [0, 0.1) is 0 Å². The number of hydrogen-bond donors (Lipinski definition) is 0. The van der Waals surface area contributed by atoms with E-state index in [1.807, 2.05) is 206 Å². The van der Waals surface area contributed by atoms with Gasteiger partial charge in [0.25, 0.3) is 0 Å². The Balaban J connectivity index is 1.26. The van der Waals surface area contributed by atoms with Gasteiger partial charge < -0.3 is 18.9 Å². The zero-order valence-electron chi connectivity index (χ0n) is 41.1. The van der Waals surface area contributed by atoms with Crippen molar-refractivity contribution in [1.82, 2.24) is 0 Å². The van der Waals surface area contributed by atoms with Gasteiger partial charge in [0.2, 0.25) is 0 Å². The van der Waals surface area contributed by atoms with Crippen LogP contribution in [0.3, 0.4) is 0 Å². The van der Waals surface area contributed by atoms with Gasteiger partial charge in [-0.25, -0.2) is 0 Å². The van der Waals surface area contributed by atoms with Crippen LogP contribution >= 0.6 is 0 Å². The molecule has 0 saturated carbocycles. The molecule has 0 N–H and O–H groups in total. The van der Waals surface area contributed by atoms with E-state index in [9.17, 15) is 26.3 Å². The maximum atomic E-state index is 14.5. The van der Waals surface area contributed by atoms with Gasteiger partial charge in [0.05, 0.1) is 11.1 Å². The van der Waals surface area contributed by atoms with Gasteiger partial charge in [0.15, 0.2) is 0 Å². The molecular weight excluding hydrogens is 995 g/mol. The molecule has 0 aliphatic heterocycles. The molecule has 0 spiro atoms. The fourth-order valence-electron chi connectivity index (χ4n) is 10.0. The van der Waals surface area contributed by atoms with Crippen LogP contribution in [0.1, 0.15) is 11.1 Å². The van der Waals surface area contributed by atoms with Crippen molar-refractivity contribution in [3.63, 3.8) is 0 Å². The molecule has 12 aromatic carbocycles. The predicted octanol–water partition coefficient (Wildman–Crippen LogP) is 21.0. The van der Waals surface area contributed by atoms with Gasteiger partial charge in [-0.05, 0) is 198 Å². The molecule has 0 radical (unpaired) electrons. The fraction of sp³-hybridized carbons (Fsp3) is 0.0294. The molecule has 4 nitrogen and oxygen atoms in total. The minimum atomic E-state index is -4.64. The van der Waals surface area contributed by atoms with E-state index < -0.39 is 23.5 Å². The van der Waals surface area contributed by atoms with E-state index in [0.717, 1.165) is 24.3 Å². The van der Waals surface area contributed by atoms with Crippen molar-refractivity contribution < 1.29 is 45.3 Å². The smallest absolute Gasteiger partial charge is 0.416 e. The van der Waals surface area contributed by atoms with Crippen molar-refractivity contribution in [2.45, 2.75) is 12.4 Å². The third-order valence-corrected chi connectivity index (χ3v) is 13.5.